The van der Waals surface area contributed by atoms with Gasteiger partial charge in [-0.25, -0.2) is 0 Å². The number of aromatic nitrogens is 3. The lowest BCUT2D eigenvalue weighted by Gasteiger charge is -2.14. The second-order valence-corrected chi connectivity index (χ2v) is 7.60. The summed E-state index contributed by atoms with van der Waals surface area (Å²) in [7, 11) is 1.62. The molecular weight excluding hydrogens is 416 g/mol. The molecule has 8 nitrogen and oxygen atoms in total. The minimum absolute atomic E-state index is 0.125. The van der Waals surface area contributed by atoms with E-state index in [1.54, 1.807) is 7.11 Å². The zero-order valence-corrected chi connectivity index (χ0v) is 18.1. The van der Waals surface area contributed by atoms with E-state index in [-0.39, 0.29) is 12.3 Å². The quantitative estimate of drug-likeness (QED) is 0.615. The standard InChI is InChI=1S/C22H23ClN6O2/c1-13-27-28-22-18(12-20(30)25-10-9-24)26-21(14-3-5-15(23)6-4-14)17-11-16(31-2)7-8-19(17)29(13)22/h3-8,11,18H,9-10,12,24H2,1-2H3,(H,25,30). The Bertz CT molecular complexity index is 1140. The van der Waals surface area contributed by atoms with Gasteiger partial charge in [-0.1, -0.05) is 23.7 Å². The molecule has 4 rings (SSSR count). The number of hydrogen-bond acceptors (Lipinski definition) is 6. The lowest BCUT2D eigenvalue weighted by atomic mass is 10.00. The van der Waals surface area contributed by atoms with E-state index in [0.717, 1.165) is 22.5 Å². The molecule has 0 fully saturated rings. The Morgan fingerprint density at radius 3 is 2.71 bits per heavy atom. The summed E-state index contributed by atoms with van der Waals surface area (Å²) in [6, 6.07) is 12.7. The van der Waals surface area contributed by atoms with E-state index in [9.17, 15) is 4.79 Å². The molecule has 160 valence electrons. The van der Waals surface area contributed by atoms with Crippen LogP contribution >= 0.6 is 11.6 Å². The van der Waals surface area contributed by atoms with Gasteiger partial charge in [-0.2, -0.15) is 0 Å². The highest BCUT2D eigenvalue weighted by molar-refractivity contribution is 6.30. The fraction of sp³-hybridized carbons (Fsp3) is 0.273. The molecular formula is C22H23ClN6O2. The van der Waals surface area contributed by atoms with Crippen LogP contribution in [0.25, 0.3) is 5.69 Å². The van der Waals surface area contributed by atoms with E-state index in [4.69, 9.17) is 27.1 Å². The molecule has 1 aliphatic rings. The molecule has 0 aliphatic carbocycles. The van der Waals surface area contributed by atoms with E-state index in [0.29, 0.717) is 35.5 Å². The first-order chi connectivity index (χ1) is 15.0. The predicted octanol–water partition coefficient (Wildman–Crippen LogP) is 2.59. The molecule has 3 aromatic rings. The number of nitrogens with one attached hydrogen (secondary N) is 1. The first-order valence-corrected chi connectivity index (χ1v) is 10.3. The Kier molecular flexibility index (Phi) is 6.01. The highest BCUT2D eigenvalue weighted by Gasteiger charge is 2.29. The third kappa shape index (κ3) is 4.17. The third-order valence-corrected chi connectivity index (χ3v) is 5.35. The molecule has 9 heteroatoms. The average Bonchev–Trinajstić information content (AvgIpc) is 3.10. The van der Waals surface area contributed by atoms with Crippen LogP contribution in [-0.2, 0) is 4.79 Å². The molecule has 2 heterocycles. The summed E-state index contributed by atoms with van der Waals surface area (Å²) in [5, 5.41) is 12.1. The number of nitrogens with zero attached hydrogens (tertiary/aromatic N) is 4. The van der Waals surface area contributed by atoms with Crippen molar-refractivity contribution in [3.63, 3.8) is 0 Å². The third-order valence-electron chi connectivity index (χ3n) is 5.10. The van der Waals surface area contributed by atoms with Crippen molar-refractivity contribution in [1.29, 1.82) is 0 Å². The van der Waals surface area contributed by atoms with Crippen molar-refractivity contribution in [1.82, 2.24) is 20.1 Å². The van der Waals surface area contributed by atoms with Crippen molar-refractivity contribution < 1.29 is 9.53 Å². The summed E-state index contributed by atoms with van der Waals surface area (Å²) in [5.74, 6) is 1.87. The van der Waals surface area contributed by atoms with Crippen LogP contribution in [0.4, 0.5) is 0 Å². The van der Waals surface area contributed by atoms with Gasteiger partial charge in [0.15, 0.2) is 5.82 Å². The van der Waals surface area contributed by atoms with Gasteiger partial charge < -0.3 is 15.8 Å². The number of aliphatic imine (C=N–C) groups is 1. The van der Waals surface area contributed by atoms with Crippen LogP contribution in [-0.4, -0.2) is 46.6 Å². The molecule has 1 atom stereocenters. The van der Waals surface area contributed by atoms with Gasteiger partial charge >= 0.3 is 0 Å². The molecule has 1 aliphatic heterocycles. The molecule has 1 unspecified atom stereocenters. The number of carbonyl (C=O) groups excluding carboxylic acids is 1. The van der Waals surface area contributed by atoms with Crippen molar-refractivity contribution in [3.05, 3.63) is 70.3 Å². The second-order valence-electron chi connectivity index (χ2n) is 7.17. The summed E-state index contributed by atoms with van der Waals surface area (Å²) in [6.45, 7) is 2.65. The number of aryl methyl sites for hydroxylation is 1. The Balaban J connectivity index is 1.91. The normalized spacial score (nSPS) is 14.8. The summed E-state index contributed by atoms with van der Waals surface area (Å²) in [5.41, 5.74) is 8.85. The number of hydrogen-bond donors (Lipinski definition) is 2. The van der Waals surface area contributed by atoms with Gasteiger partial charge in [0.05, 0.1) is 24.9 Å². The van der Waals surface area contributed by atoms with E-state index < -0.39 is 6.04 Å². The maximum Gasteiger partial charge on any atom is 0.222 e. The predicted molar refractivity (Wildman–Crippen MR) is 119 cm³/mol. The van der Waals surface area contributed by atoms with Crippen LogP contribution < -0.4 is 15.8 Å². The van der Waals surface area contributed by atoms with Gasteiger partial charge in [0.25, 0.3) is 0 Å². The number of fused-ring (bicyclic) bond motifs is 3. The lowest BCUT2D eigenvalue weighted by Crippen LogP contribution is -2.30. The summed E-state index contributed by atoms with van der Waals surface area (Å²) >= 11 is 6.11. The van der Waals surface area contributed by atoms with Gasteiger partial charge in [-0.3, -0.25) is 14.4 Å². The first-order valence-electron chi connectivity index (χ1n) is 9.93. The maximum absolute atomic E-state index is 12.5. The lowest BCUT2D eigenvalue weighted by molar-refractivity contribution is -0.121. The van der Waals surface area contributed by atoms with Crippen LogP contribution in [0.1, 0.15) is 35.2 Å². The summed E-state index contributed by atoms with van der Waals surface area (Å²) in [4.78, 5) is 17.5. The number of methoxy groups -OCH3 is 1. The van der Waals surface area contributed by atoms with Crippen molar-refractivity contribution >= 4 is 23.2 Å². The van der Waals surface area contributed by atoms with E-state index in [1.165, 1.54) is 0 Å². The Hall–Kier alpha value is -3.23. The number of halogens is 1. The molecule has 0 radical (unpaired) electrons. The fourth-order valence-electron chi connectivity index (χ4n) is 3.64. The van der Waals surface area contributed by atoms with Crippen molar-refractivity contribution in [2.75, 3.05) is 20.2 Å². The molecule has 31 heavy (non-hydrogen) atoms. The molecule has 3 N–H and O–H groups in total. The highest BCUT2D eigenvalue weighted by atomic mass is 35.5. The zero-order chi connectivity index (χ0) is 22.0. The summed E-state index contributed by atoms with van der Waals surface area (Å²) < 4.78 is 7.41. The largest absolute Gasteiger partial charge is 0.497 e. The Morgan fingerprint density at radius 1 is 1.23 bits per heavy atom. The fourth-order valence-corrected chi connectivity index (χ4v) is 3.76. The van der Waals surface area contributed by atoms with Gasteiger partial charge in [-0.05, 0) is 37.3 Å². The maximum atomic E-state index is 12.5. The molecule has 0 spiro atoms. The molecule has 1 aromatic heterocycles. The highest BCUT2D eigenvalue weighted by Crippen LogP contribution is 2.34. The van der Waals surface area contributed by atoms with Gasteiger partial charge in [0, 0.05) is 29.2 Å². The van der Waals surface area contributed by atoms with E-state index in [1.807, 2.05) is 54.0 Å². The molecule has 0 saturated carbocycles. The topological polar surface area (TPSA) is 107 Å². The monoisotopic (exact) mass is 438 g/mol. The number of nitrogens with two attached hydrogens (primary N) is 1. The van der Waals surface area contributed by atoms with Crippen LogP contribution in [0.15, 0.2) is 47.5 Å². The summed E-state index contributed by atoms with van der Waals surface area (Å²) in [6.07, 6.45) is 0.125. The smallest absolute Gasteiger partial charge is 0.222 e. The molecule has 0 bridgehead atoms. The SMILES string of the molecule is COc1ccc2c(c1)C(c1ccc(Cl)cc1)=NC(CC(=O)NCCN)c1nnc(C)n1-2. The number of benzene rings is 2. The van der Waals surface area contributed by atoms with E-state index >= 15 is 0 Å². The van der Waals surface area contributed by atoms with Gasteiger partial charge in [0.1, 0.15) is 17.6 Å². The van der Waals surface area contributed by atoms with Crippen LogP contribution in [0, 0.1) is 6.92 Å². The van der Waals surface area contributed by atoms with Crippen LogP contribution in [0.2, 0.25) is 5.02 Å². The Morgan fingerprint density at radius 2 is 2.00 bits per heavy atom. The molecule has 1 amide bonds. The zero-order valence-electron chi connectivity index (χ0n) is 17.3. The van der Waals surface area contributed by atoms with Gasteiger partial charge in [0.2, 0.25) is 5.91 Å². The van der Waals surface area contributed by atoms with Crippen molar-refractivity contribution in [2.45, 2.75) is 19.4 Å². The minimum atomic E-state index is -0.525. The minimum Gasteiger partial charge on any atom is -0.497 e. The average molecular weight is 439 g/mol. The van der Waals surface area contributed by atoms with Gasteiger partial charge in [-0.15, -0.1) is 10.2 Å². The van der Waals surface area contributed by atoms with Crippen molar-refractivity contribution in [3.8, 4) is 11.4 Å². The molecule has 2 aromatic carbocycles. The first kappa shape index (κ1) is 21.0. The number of carbonyl (C=O) groups is 1. The number of rotatable bonds is 6. The van der Waals surface area contributed by atoms with E-state index in [2.05, 4.69) is 15.5 Å². The van der Waals surface area contributed by atoms with Crippen LogP contribution in [0.5, 0.6) is 5.75 Å². The van der Waals surface area contributed by atoms with Crippen molar-refractivity contribution in [2.24, 2.45) is 10.7 Å². The number of ether oxygens (including phenoxy) is 1. The molecule has 0 saturated heterocycles. The van der Waals surface area contributed by atoms with Crippen LogP contribution in [0.3, 0.4) is 0 Å². The number of amides is 1. The Labute approximate surface area is 185 Å². The second kappa shape index (κ2) is 8.87.